The molecular weight excluding hydrogens is 298 g/mol. The second-order valence-corrected chi connectivity index (χ2v) is 4.60. The number of nitrogens with zero attached hydrogens (tertiary/aromatic N) is 2. The number of nitrogens with one attached hydrogen (secondary N) is 1. The summed E-state index contributed by atoms with van der Waals surface area (Å²) >= 11 is 0. The van der Waals surface area contributed by atoms with Gasteiger partial charge in [-0.15, -0.1) is 0 Å². The summed E-state index contributed by atoms with van der Waals surface area (Å²) in [7, 11) is 1.53. The van der Waals surface area contributed by atoms with Crippen LogP contribution in [-0.2, 0) is 9.59 Å². The molecule has 2 rings (SSSR count). The molecule has 2 aromatic rings. The predicted octanol–water partition coefficient (Wildman–Crippen LogP) is 1.60. The second-order valence-electron chi connectivity index (χ2n) is 4.60. The van der Waals surface area contributed by atoms with Crippen molar-refractivity contribution in [1.29, 1.82) is 0 Å². The summed E-state index contributed by atoms with van der Waals surface area (Å²) in [5, 5.41) is 2.66. The number of oxazole rings is 1. The zero-order chi connectivity index (χ0) is 16.7. The number of para-hydroxylation sites is 1. The zero-order valence-electron chi connectivity index (χ0n) is 12.4. The number of aldehydes is 1. The number of amides is 2. The summed E-state index contributed by atoms with van der Waals surface area (Å²) in [5.74, 6) is -0.850. The van der Waals surface area contributed by atoms with Crippen molar-refractivity contribution in [2.75, 3.05) is 18.9 Å². The van der Waals surface area contributed by atoms with Gasteiger partial charge in [0.05, 0.1) is 12.7 Å². The van der Waals surface area contributed by atoms with Gasteiger partial charge in [0.2, 0.25) is 5.91 Å². The fourth-order valence-corrected chi connectivity index (χ4v) is 1.76. The van der Waals surface area contributed by atoms with Gasteiger partial charge in [0.25, 0.3) is 5.89 Å². The fourth-order valence-electron chi connectivity index (χ4n) is 1.76. The van der Waals surface area contributed by atoms with E-state index in [1.165, 1.54) is 30.5 Å². The van der Waals surface area contributed by atoms with Gasteiger partial charge >= 0.3 is 5.91 Å². The van der Waals surface area contributed by atoms with Gasteiger partial charge in [0.1, 0.15) is 12.5 Å². The predicted molar refractivity (Wildman–Crippen MR) is 83.6 cm³/mol. The number of hydrogen-bond donors (Lipinski definition) is 1. The Morgan fingerprint density at radius 2 is 2.13 bits per heavy atom. The van der Waals surface area contributed by atoms with Gasteiger partial charge < -0.3 is 19.4 Å². The van der Waals surface area contributed by atoms with E-state index < -0.39 is 5.91 Å². The van der Waals surface area contributed by atoms with Gasteiger partial charge in [-0.25, -0.2) is 4.98 Å². The van der Waals surface area contributed by atoms with Gasteiger partial charge in [-0.3, -0.25) is 9.59 Å². The normalized spacial score (nSPS) is 10.5. The highest BCUT2D eigenvalue weighted by molar-refractivity contribution is 6.02. The number of likely N-dealkylation sites (N-methyl/N-ethyl adjacent to an activating group) is 1. The van der Waals surface area contributed by atoms with Crippen molar-refractivity contribution < 1.29 is 18.8 Å². The smallest absolute Gasteiger partial charge is 0.311 e. The Kier molecular flexibility index (Phi) is 5.40. The van der Waals surface area contributed by atoms with Gasteiger partial charge in [0.15, 0.2) is 0 Å². The van der Waals surface area contributed by atoms with E-state index in [0.29, 0.717) is 17.5 Å². The topological polar surface area (TPSA) is 92.5 Å². The lowest BCUT2D eigenvalue weighted by Gasteiger charge is -2.10. The van der Waals surface area contributed by atoms with Crippen molar-refractivity contribution >= 4 is 29.9 Å². The van der Waals surface area contributed by atoms with E-state index >= 15 is 0 Å². The molecule has 0 saturated heterocycles. The molecule has 0 saturated carbocycles. The highest BCUT2D eigenvalue weighted by Crippen LogP contribution is 2.17. The Morgan fingerprint density at radius 3 is 2.83 bits per heavy atom. The molecule has 1 heterocycles. The first kappa shape index (κ1) is 16.2. The molecule has 0 bridgehead atoms. The minimum atomic E-state index is -0.486. The molecule has 118 valence electrons. The van der Waals surface area contributed by atoms with Crippen LogP contribution >= 0.6 is 0 Å². The molecule has 7 nitrogen and oxygen atoms in total. The number of benzene rings is 1. The van der Waals surface area contributed by atoms with Crippen molar-refractivity contribution in [1.82, 2.24) is 9.88 Å². The lowest BCUT2D eigenvalue weighted by Crippen LogP contribution is -2.26. The number of anilines is 1. The molecule has 0 aliphatic rings. The van der Waals surface area contributed by atoms with Crippen LogP contribution in [0.4, 0.5) is 5.69 Å². The molecule has 0 spiro atoms. The minimum absolute atomic E-state index is 0.0196. The van der Waals surface area contributed by atoms with Crippen LogP contribution in [0.5, 0.6) is 0 Å². The highest BCUT2D eigenvalue weighted by Gasteiger charge is 2.12. The van der Waals surface area contributed by atoms with Crippen LogP contribution in [0.2, 0.25) is 0 Å². The first-order chi connectivity index (χ1) is 11.1. The van der Waals surface area contributed by atoms with Crippen LogP contribution in [0.15, 0.2) is 47.2 Å². The number of carbonyl (C=O) groups excluding carboxylic acids is 3. The van der Waals surface area contributed by atoms with Gasteiger partial charge in [0, 0.05) is 18.8 Å². The monoisotopic (exact) mass is 313 g/mol. The third-order valence-electron chi connectivity index (χ3n) is 2.97. The van der Waals surface area contributed by atoms with Crippen molar-refractivity contribution in [3.05, 3.63) is 54.3 Å². The van der Waals surface area contributed by atoms with Crippen LogP contribution in [0, 0.1) is 0 Å². The molecule has 0 aliphatic carbocycles. The van der Waals surface area contributed by atoms with Crippen LogP contribution in [0.25, 0.3) is 6.08 Å². The first-order valence-corrected chi connectivity index (χ1v) is 6.78. The lowest BCUT2D eigenvalue weighted by molar-refractivity contribution is -0.127. The van der Waals surface area contributed by atoms with Gasteiger partial charge in [-0.2, -0.15) is 0 Å². The summed E-state index contributed by atoms with van der Waals surface area (Å²) in [6.07, 6.45) is 6.23. The van der Waals surface area contributed by atoms with E-state index in [0.717, 1.165) is 0 Å². The second kappa shape index (κ2) is 7.69. The molecule has 0 radical (unpaired) electrons. The quantitative estimate of drug-likeness (QED) is 0.646. The van der Waals surface area contributed by atoms with Crippen LogP contribution < -0.4 is 5.32 Å². The molecule has 7 heteroatoms. The van der Waals surface area contributed by atoms with Crippen molar-refractivity contribution in [3.63, 3.8) is 0 Å². The molecule has 1 N–H and O–H groups in total. The van der Waals surface area contributed by atoms with E-state index in [-0.39, 0.29) is 18.3 Å². The Hall–Kier alpha value is -3.22. The highest BCUT2D eigenvalue weighted by atomic mass is 16.3. The van der Waals surface area contributed by atoms with Crippen molar-refractivity contribution in [2.24, 2.45) is 0 Å². The van der Waals surface area contributed by atoms with Crippen molar-refractivity contribution in [2.45, 2.75) is 0 Å². The number of rotatable bonds is 6. The largest absolute Gasteiger partial charge is 0.441 e. The third-order valence-corrected chi connectivity index (χ3v) is 2.97. The average molecular weight is 313 g/mol. The summed E-state index contributed by atoms with van der Waals surface area (Å²) in [5.41, 5.74) is 1.15. The van der Waals surface area contributed by atoms with E-state index in [1.807, 2.05) is 0 Å². The summed E-state index contributed by atoms with van der Waals surface area (Å²) in [4.78, 5) is 39.2. The maximum atomic E-state index is 12.0. The molecule has 2 amide bonds. The zero-order valence-corrected chi connectivity index (χ0v) is 12.4. The molecule has 1 aromatic heterocycles. The Balaban J connectivity index is 2.13. The van der Waals surface area contributed by atoms with Crippen LogP contribution in [-0.4, -0.2) is 41.6 Å². The number of aromatic nitrogens is 1. The van der Waals surface area contributed by atoms with Crippen molar-refractivity contribution in [3.8, 4) is 0 Å². The maximum absolute atomic E-state index is 12.0. The molecule has 1 aromatic carbocycles. The van der Waals surface area contributed by atoms with E-state index in [1.54, 1.807) is 30.3 Å². The lowest BCUT2D eigenvalue weighted by atomic mass is 10.1. The first-order valence-electron chi connectivity index (χ1n) is 6.78. The maximum Gasteiger partial charge on any atom is 0.311 e. The fraction of sp³-hybridized carbons (Fsp3) is 0.125. The molecule has 0 atom stereocenters. The average Bonchev–Trinajstić information content (AvgIpc) is 3.08. The summed E-state index contributed by atoms with van der Waals surface area (Å²) in [6.45, 7) is 0.0196. The Labute approximate surface area is 132 Å². The van der Waals surface area contributed by atoms with Crippen LogP contribution in [0.1, 0.15) is 16.2 Å². The van der Waals surface area contributed by atoms with Gasteiger partial charge in [-0.05, 0) is 17.7 Å². The van der Waals surface area contributed by atoms with E-state index in [9.17, 15) is 14.4 Å². The Bertz CT molecular complexity index is 723. The molecule has 23 heavy (non-hydrogen) atoms. The summed E-state index contributed by atoms with van der Waals surface area (Å²) < 4.78 is 4.93. The number of carbonyl (C=O) groups is 3. The molecule has 0 aliphatic heterocycles. The SMILES string of the molecule is CN(CC=O)C(=O)/C=C/c1ccccc1NC(=O)c1ncco1. The number of hydrogen-bond acceptors (Lipinski definition) is 5. The standard InChI is InChI=1S/C16H15N3O4/c1-19(9-10-20)14(21)7-6-12-4-2-3-5-13(12)18-15(22)16-17-8-11-23-16/h2-8,10-11H,9H2,1H3,(H,18,22)/b7-6+. The molecule has 0 unspecified atom stereocenters. The van der Waals surface area contributed by atoms with E-state index in [2.05, 4.69) is 10.3 Å². The minimum Gasteiger partial charge on any atom is -0.441 e. The van der Waals surface area contributed by atoms with Gasteiger partial charge in [-0.1, -0.05) is 18.2 Å². The molecular formula is C16H15N3O4. The third kappa shape index (κ3) is 4.37. The van der Waals surface area contributed by atoms with E-state index in [4.69, 9.17) is 4.42 Å². The van der Waals surface area contributed by atoms with Crippen LogP contribution in [0.3, 0.4) is 0 Å². The summed E-state index contributed by atoms with van der Waals surface area (Å²) in [6, 6.07) is 6.97. The Morgan fingerprint density at radius 1 is 1.35 bits per heavy atom. The molecule has 0 fully saturated rings.